The van der Waals surface area contributed by atoms with Crippen molar-refractivity contribution in [2.75, 3.05) is 0 Å². The maximum absolute atomic E-state index is 11.9. The number of carbonyl (C=O) groups excluding carboxylic acids is 1. The van der Waals surface area contributed by atoms with Crippen molar-refractivity contribution in [3.63, 3.8) is 0 Å². The third-order valence-corrected chi connectivity index (χ3v) is 3.12. The van der Waals surface area contributed by atoms with Crippen LogP contribution >= 0.6 is 22.6 Å². The summed E-state index contributed by atoms with van der Waals surface area (Å²) < 4.78 is 0.625. The van der Waals surface area contributed by atoms with Gasteiger partial charge in [0.1, 0.15) is 0 Å². The smallest absolute Gasteiger partial charge is 0.270 e. The lowest BCUT2D eigenvalue weighted by atomic mass is 10.1. The summed E-state index contributed by atoms with van der Waals surface area (Å²) in [5.74, 6) is -0.411. The summed E-state index contributed by atoms with van der Waals surface area (Å²) in [7, 11) is 0. The Labute approximate surface area is 117 Å². The molecule has 0 fully saturated rings. The van der Waals surface area contributed by atoms with E-state index in [0.29, 0.717) is 3.57 Å². The molecule has 0 bridgehead atoms. The van der Waals surface area contributed by atoms with Crippen molar-refractivity contribution in [1.82, 2.24) is 5.32 Å². The highest BCUT2D eigenvalue weighted by molar-refractivity contribution is 14.1. The Kier molecular flexibility index (Phi) is 5.03. The number of rotatable bonds is 4. The number of amides is 1. The van der Waals surface area contributed by atoms with Gasteiger partial charge in [-0.15, -0.1) is 0 Å². The minimum atomic E-state index is -0.550. The zero-order valence-corrected chi connectivity index (χ0v) is 11.7. The van der Waals surface area contributed by atoms with E-state index in [0.717, 1.165) is 0 Å². The minimum Gasteiger partial charge on any atom is -0.349 e. The highest BCUT2D eigenvalue weighted by Crippen LogP contribution is 2.19. The zero-order chi connectivity index (χ0) is 13.7. The predicted molar refractivity (Wildman–Crippen MR) is 73.0 cm³/mol. The van der Waals surface area contributed by atoms with E-state index in [1.807, 2.05) is 28.7 Å². The number of nitrogens with zero attached hydrogens (tertiary/aromatic N) is 2. The molecule has 1 atom stereocenters. The molecule has 18 heavy (non-hydrogen) atoms. The van der Waals surface area contributed by atoms with Gasteiger partial charge in [0.15, 0.2) is 0 Å². The van der Waals surface area contributed by atoms with E-state index in [1.54, 1.807) is 6.92 Å². The lowest BCUT2D eigenvalue weighted by molar-refractivity contribution is -0.384. The van der Waals surface area contributed by atoms with Crippen molar-refractivity contribution in [2.24, 2.45) is 0 Å². The Morgan fingerprint density at radius 2 is 2.33 bits per heavy atom. The molecule has 6 nitrogen and oxygen atoms in total. The van der Waals surface area contributed by atoms with Gasteiger partial charge in [0, 0.05) is 21.7 Å². The maximum Gasteiger partial charge on any atom is 0.270 e. The molecule has 0 aliphatic heterocycles. The Morgan fingerprint density at radius 1 is 1.67 bits per heavy atom. The van der Waals surface area contributed by atoms with Crippen molar-refractivity contribution in [2.45, 2.75) is 19.4 Å². The van der Waals surface area contributed by atoms with E-state index in [9.17, 15) is 14.9 Å². The fraction of sp³-hybridized carbons (Fsp3) is 0.273. The Hall–Kier alpha value is -1.69. The molecule has 0 radical (unpaired) electrons. The molecule has 1 aromatic rings. The second-order valence-electron chi connectivity index (χ2n) is 3.66. The third kappa shape index (κ3) is 3.66. The van der Waals surface area contributed by atoms with E-state index >= 15 is 0 Å². The molecule has 0 aliphatic rings. The lowest BCUT2D eigenvalue weighted by Crippen LogP contribution is -2.32. The number of carbonyl (C=O) groups is 1. The topological polar surface area (TPSA) is 96.0 Å². The van der Waals surface area contributed by atoms with E-state index in [2.05, 4.69) is 5.32 Å². The molecule has 1 aromatic carbocycles. The van der Waals surface area contributed by atoms with Crippen LogP contribution in [0.1, 0.15) is 23.7 Å². The molecule has 0 spiro atoms. The normalized spacial score (nSPS) is 11.4. The van der Waals surface area contributed by atoms with E-state index < -0.39 is 10.8 Å². The Balaban J connectivity index is 2.95. The second-order valence-corrected chi connectivity index (χ2v) is 4.82. The SMILES string of the molecule is CC(CC#N)NC(=O)c1cc([N+](=O)[O-])ccc1I. The first kappa shape index (κ1) is 14.4. The maximum atomic E-state index is 11.9. The second kappa shape index (κ2) is 6.30. The van der Waals surface area contributed by atoms with Crippen LogP contribution in [0.4, 0.5) is 5.69 Å². The van der Waals surface area contributed by atoms with Crippen molar-refractivity contribution in [1.29, 1.82) is 5.26 Å². The van der Waals surface area contributed by atoms with Crippen molar-refractivity contribution in [3.05, 3.63) is 37.4 Å². The molecule has 0 aromatic heterocycles. The Morgan fingerprint density at radius 3 is 2.89 bits per heavy atom. The van der Waals surface area contributed by atoms with Gasteiger partial charge in [-0.2, -0.15) is 5.26 Å². The highest BCUT2D eigenvalue weighted by Gasteiger charge is 2.16. The van der Waals surface area contributed by atoms with Crippen LogP contribution in [0, 0.1) is 25.0 Å². The number of halogens is 1. The summed E-state index contributed by atoms with van der Waals surface area (Å²) in [6.07, 6.45) is 0.192. The number of nitrogens with one attached hydrogen (secondary N) is 1. The number of nitriles is 1. The van der Waals surface area contributed by atoms with Gasteiger partial charge in [-0.1, -0.05) is 0 Å². The first-order valence-corrected chi connectivity index (χ1v) is 6.15. The van der Waals surface area contributed by atoms with E-state index in [4.69, 9.17) is 5.26 Å². The van der Waals surface area contributed by atoms with Crippen LogP contribution in [0.25, 0.3) is 0 Å². The molecule has 94 valence electrons. The molecule has 0 saturated heterocycles. The number of nitro groups is 1. The number of hydrogen-bond donors (Lipinski definition) is 1. The van der Waals surface area contributed by atoms with Crippen LogP contribution < -0.4 is 5.32 Å². The molecule has 1 unspecified atom stereocenters. The van der Waals surface area contributed by atoms with Gasteiger partial charge >= 0.3 is 0 Å². The summed E-state index contributed by atoms with van der Waals surface area (Å²) in [4.78, 5) is 22.0. The van der Waals surface area contributed by atoms with Gasteiger partial charge in [-0.3, -0.25) is 14.9 Å². The molecule has 0 heterocycles. The molecule has 0 saturated carbocycles. The van der Waals surface area contributed by atoms with E-state index in [1.165, 1.54) is 18.2 Å². The number of nitro benzene ring substituents is 1. The van der Waals surface area contributed by atoms with Crippen LogP contribution in [-0.2, 0) is 0 Å². The van der Waals surface area contributed by atoms with E-state index in [-0.39, 0.29) is 23.7 Å². The molecular formula is C11H10IN3O3. The van der Waals surface area contributed by atoms with Gasteiger partial charge in [-0.05, 0) is 35.6 Å². The van der Waals surface area contributed by atoms with Gasteiger partial charge in [0.25, 0.3) is 11.6 Å². The molecule has 7 heteroatoms. The Bertz CT molecular complexity index is 525. The first-order valence-electron chi connectivity index (χ1n) is 5.07. The quantitative estimate of drug-likeness (QED) is 0.507. The molecule has 0 aliphatic carbocycles. The third-order valence-electron chi connectivity index (χ3n) is 2.18. The molecule has 1 amide bonds. The van der Waals surface area contributed by atoms with Crippen LogP contribution in [0.2, 0.25) is 0 Å². The molecule has 1 N–H and O–H groups in total. The van der Waals surface area contributed by atoms with Crippen molar-refractivity contribution >= 4 is 34.2 Å². The summed E-state index contributed by atoms with van der Waals surface area (Å²) in [6.45, 7) is 1.70. The summed E-state index contributed by atoms with van der Waals surface area (Å²) in [6, 6.07) is 5.74. The number of non-ortho nitro benzene ring substituents is 1. The average Bonchev–Trinajstić information content (AvgIpc) is 2.29. The summed E-state index contributed by atoms with van der Waals surface area (Å²) >= 11 is 1.94. The molecule has 1 rings (SSSR count). The fourth-order valence-corrected chi connectivity index (χ4v) is 1.87. The van der Waals surface area contributed by atoms with Gasteiger partial charge in [-0.25, -0.2) is 0 Å². The standard InChI is InChI=1S/C11H10IN3O3/c1-7(4-5-13)14-11(16)9-6-8(15(17)18)2-3-10(9)12/h2-3,6-7H,4H2,1H3,(H,14,16). The largest absolute Gasteiger partial charge is 0.349 e. The summed E-state index contributed by atoms with van der Waals surface area (Å²) in [5.41, 5.74) is 0.114. The van der Waals surface area contributed by atoms with Gasteiger partial charge in [0.05, 0.1) is 23.0 Å². The van der Waals surface area contributed by atoms with Gasteiger partial charge < -0.3 is 5.32 Å². The fourth-order valence-electron chi connectivity index (χ4n) is 1.29. The van der Waals surface area contributed by atoms with Crippen LogP contribution in [-0.4, -0.2) is 16.9 Å². The van der Waals surface area contributed by atoms with Crippen LogP contribution in [0.3, 0.4) is 0 Å². The first-order chi connectivity index (χ1) is 8.45. The average molecular weight is 359 g/mol. The van der Waals surface area contributed by atoms with Crippen molar-refractivity contribution < 1.29 is 9.72 Å². The van der Waals surface area contributed by atoms with Gasteiger partial charge in [0.2, 0.25) is 0 Å². The van der Waals surface area contributed by atoms with Crippen molar-refractivity contribution in [3.8, 4) is 6.07 Å². The summed E-state index contributed by atoms with van der Waals surface area (Å²) in [5, 5.41) is 21.8. The molecular weight excluding hydrogens is 349 g/mol. The minimum absolute atomic E-state index is 0.131. The monoisotopic (exact) mass is 359 g/mol. The highest BCUT2D eigenvalue weighted by atomic mass is 127. The number of benzene rings is 1. The number of hydrogen-bond acceptors (Lipinski definition) is 4. The zero-order valence-electron chi connectivity index (χ0n) is 9.51. The van der Waals surface area contributed by atoms with Crippen LogP contribution in [0.5, 0.6) is 0 Å². The van der Waals surface area contributed by atoms with Crippen LogP contribution in [0.15, 0.2) is 18.2 Å². The predicted octanol–water partition coefficient (Wildman–Crippen LogP) is 2.23. The lowest BCUT2D eigenvalue weighted by Gasteiger charge is -2.11.